The molecule has 12 heteroatoms. The molecule has 1 fully saturated rings. The average molecular weight is 581 g/mol. The molecule has 0 radical (unpaired) electrons. The van der Waals surface area contributed by atoms with Crippen molar-refractivity contribution in [2.24, 2.45) is 5.73 Å². The van der Waals surface area contributed by atoms with Crippen molar-refractivity contribution in [3.63, 3.8) is 0 Å². The fourth-order valence-electron chi connectivity index (χ4n) is 4.36. The Labute approximate surface area is 248 Å². The highest BCUT2D eigenvalue weighted by Crippen LogP contribution is 2.28. The number of nitrogens with zero attached hydrogens (tertiary/aromatic N) is 4. The van der Waals surface area contributed by atoms with Gasteiger partial charge in [-0.05, 0) is 65.8 Å². The molecule has 0 aliphatic carbocycles. The van der Waals surface area contributed by atoms with Crippen molar-refractivity contribution in [1.82, 2.24) is 25.5 Å². The van der Waals surface area contributed by atoms with E-state index in [0.29, 0.717) is 55.4 Å². The Hall–Kier alpha value is -4.19. The molecule has 1 aromatic carbocycles. The number of amides is 3. The van der Waals surface area contributed by atoms with E-state index >= 15 is 0 Å². The highest BCUT2D eigenvalue weighted by atomic mass is 16.5. The highest BCUT2D eigenvalue weighted by Gasteiger charge is 2.23. The van der Waals surface area contributed by atoms with Crippen molar-refractivity contribution in [3.05, 3.63) is 47.3 Å². The molecular weight excluding hydrogens is 536 g/mol. The molecule has 42 heavy (non-hydrogen) atoms. The molecule has 1 atom stereocenters. The monoisotopic (exact) mass is 580 g/mol. The van der Waals surface area contributed by atoms with E-state index in [1.807, 2.05) is 50.2 Å². The smallest absolute Gasteiger partial charge is 0.271 e. The predicted molar refractivity (Wildman–Crippen MR) is 164 cm³/mol. The van der Waals surface area contributed by atoms with E-state index in [0.717, 1.165) is 37.4 Å². The summed E-state index contributed by atoms with van der Waals surface area (Å²) in [5.74, 6) is 0.535. The summed E-state index contributed by atoms with van der Waals surface area (Å²) in [7, 11) is 3.84. The molecule has 0 bridgehead atoms. The number of benzene rings is 1. The van der Waals surface area contributed by atoms with Crippen LogP contribution in [0.2, 0.25) is 0 Å². The number of likely N-dealkylation sites (N-methyl/N-ethyl adjacent to an activating group) is 1. The lowest BCUT2D eigenvalue weighted by atomic mass is 10.2. The predicted octanol–water partition coefficient (Wildman–Crippen LogP) is 2.38. The molecule has 0 saturated carbocycles. The van der Waals surface area contributed by atoms with Crippen molar-refractivity contribution in [2.45, 2.75) is 52.5 Å². The van der Waals surface area contributed by atoms with E-state index in [9.17, 15) is 14.4 Å². The Balaban J connectivity index is 1.52. The summed E-state index contributed by atoms with van der Waals surface area (Å²) in [5, 5.41) is 8.74. The molecule has 3 amide bonds. The standard InChI is InChI=1S/C30H44N8O4/c1-6-24-28(38-15-7-8-16-38)36-27(25(35-24)26(31)39)34-22-11-9-12-23(19-22)42-18-10-14-32-30(41)21(3)33-29(40)20(2)13-17-37(4)5/h9,11-13,19,21H,6-8,10,14-18H2,1-5H3,(H2,31,39)(H,32,41)(H,33,40)(H,34,36). The van der Waals surface area contributed by atoms with Gasteiger partial charge < -0.3 is 36.2 Å². The normalized spacial score (nSPS) is 14.0. The van der Waals surface area contributed by atoms with Gasteiger partial charge in [0.25, 0.3) is 5.91 Å². The van der Waals surface area contributed by atoms with Gasteiger partial charge in [0, 0.05) is 43.5 Å². The largest absolute Gasteiger partial charge is 0.493 e. The maximum absolute atomic E-state index is 12.4. The van der Waals surface area contributed by atoms with Crippen LogP contribution in [0.5, 0.6) is 5.75 Å². The lowest BCUT2D eigenvalue weighted by Crippen LogP contribution is -2.45. The third-order valence-corrected chi connectivity index (χ3v) is 6.77. The number of rotatable bonds is 15. The Morgan fingerprint density at radius 1 is 1.19 bits per heavy atom. The molecule has 1 aliphatic rings. The van der Waals surface area contributed by atoms with E-state index in [1.54, 1.807) is 19.9 Å². The number of nitrogens with one attached hydrogen (secondary N) is 3. The number of nitrogens with two attached hydrogens (primary N) is 1. The molecule has 12 nitrogen and oxygen atoms in total. The minimum atomic E-state index is -0.658. The van der Waals surface area contributed by atoms with Crippen LogP contribution >= 0.6 is 0 Å². The van der Waals surface area contributed by atoms with Crippen molar-refractivity contribution in [2.75, 3.05) is 57.1 Å². The zero-order valence-electron chi connectivity index (χ0n) is 25.3. The second kappa shape index (κ2) is 15.7. The van der Waals surface area contributed by atoms with Crippen LogP contribution in [0.3, 0.4) is 0 Å². The molecule has 0 spiro atoms. The summed E-state index contributed by atoms with van der Waals surface area (Å²) in [6.07, 6.45) is 5.22. The highest BCUT2D eigenvalue weighted by molar-refractivity contribution is 5.97. The Bertz CT molecular complexity index is 1270. The van der Waals surface area contributed by atoms with Gasteiger partial charge in [0.05, 0.1) is 12.3 Å². The summed E-state index contributed by atoms with van der Waals surface area (Å²) < 4.78 is 5.88. The van der Waals surface area contributed by atoms with Gasteiger partial charge in [0.15, 0.2) is 17.3 Å². The molecule has 228 valence electrons. The van der Waals surface area contributed by atoms with Crippen LogP contribution in [0, 0.1) is 0 Å². The number of anilines is 3. The van der Waals surface area contributed by atoms with Gasteiger partial charge in [-0.15, -0.1) is 0 Å². The topological polar surface area (TPSA) is 155 Å². The second-order valence-corrected chi connectivity index (χ2v) is 10.6. The van der Waals surface area contributed by atoms with E-state index < -0.39 is 11.9 Å². The first-order valence-electron chi connectivity index (χ1n) is 14.4. The number of hydrogen-bond acceptors (Lipinski definition) is 9. The number of hydrogen-bond donors (Lipinski definition) is 4. The number of ether oxygens (including phenoxy) is 1. The molecule has 5 N–H and O–H groups in total. The number of aryl methyl sites for hydroxylation is 1. The number of carbonyl (C=O) groups excluding carboxylic acids is 3. The van der Waals surface area contributed by atoms with Crippen LogP contribution in [0.25, 0.3) is 0 Å². The zero-order valence-corrected chi connectivity index (χ0v) is 25.3. The molecule has 2 heterocycles. The van der Waals surface area contributed by atoms with Gasteiger partial charge >= 0.3 is 0 Å². The van der Waals surface area contributed by atoms with Gasteiger partial charge in [-0.25, -0.2) is 9.97 Å². The summed E-state index contributed by atoms with van der Waals surface area (Å²) in [4.78, 5) is 50.3. The maximum Gasteiger partial charge on any atom is 0.271 e. The minimum Gasteiger partial charge on any atom is -0.493 e. The van der Waals surface area contributed by atoms with Crippen molar-refractivity contribution >= 4 is 35.0 Å². The molecule has 1 aliphatic heterocycles. The lowest BCUT2D eigenvalue weighted by Gasteiger charge is -2.21. The van der Waals surface area contributed by atoms with Gasteiger partial charge in [-0.3, -0.25) is 14.4 Å². The Morgan fingerprint density at radius 3 is 2.60 bits per heavy atom. The van der Waals surface area contributed by atoms with Crippen molar-refractivity contribution in [3.8, 4) is 5.75 Å². The van der Waals surface area contributed by atoms with Crippen LogP contribution in [-0.2, 0) is 16.0 Å². The minimum absolute atomic E-state index is 0.0991. The summed E-state index contributed by atoms with van der Waals surface area (Å²) in [6.45, 7) is 8.58. The fourth-order valence-corrected chi connectivity index (χ4v) is 4.36. The SMILES string of the molecule is CCc1nc(C(N)=O)c(Nc2cccc(OCCCNC(=O)C(C)NC(=O)C(C)=CCN(C)C)c2)nc1N1CCCC1. The van der Waals surface area contributed by atoms with E-state index in [4.69, 9.17) is 15.5 Å². The third kappa shape index (κ3) is 9.44. The van der Waals surface area contributed by atoms with Gasteiger partial charge in [-0.2, -0.15) is 0 Å². The van der Waals surface area contributed by atoms with Crippen LogP contribution in [0.15, 0.2) is 35.9 Å². The van der Waals surface area contributed by atoms with Crippen LogP contribution in [0.4, 0.5) is 17.3 Å². The molecule has 2 aromatic rings. The van der Waals surface area contributed by atoms with Crippen molar-refractivity contribution in [1.29, 1.82) is 0 Å². The first kappa shape index (κ1) is 32.3. The maximum atomic E-state index is 12.4. The summed E-state index contributed by atoms with van der Waals surface area (Å²) in [5.41, 5.74) is 7.74. The third-order valence-electron chi connectivity index (χ3n) is 6.77. The summed E-state index contributed by atoms with van der Waals surface area (Å²) >= 11 is 0. The van der Waals surface area contributed by atoms with Crippen LogP contribution < -0.4 is 31.3 Å². The fraction of sp³-hybridized carbons (Fsp3) is 0.500. The zero-order chi connectivity index (χ0) is 30.6. The Kier molecular flexibility index (Phi) is 12.1. The molecule has 1 unspecified atom stereocenters. The number of primary amides is 1. The molecule has 1 saturated heterocycles. The molecule has 1 aromatic heterocycles. The van der Waals surface area contributed by atoms with E-state index in [1.165, 1.54) is 0 Å². The summed E-state index contributed by atoms with van der Waals surface area (Å²) in [6, 6.07) is 6.64. The first-order chi connectivity index (χ1) is 20.1. The Morgan fingerprint density at radius 2 is 1.93 bits per heavy atom. The molecular formula is C30H44N8O4. The molecule has 3 rings (SSSR count). The van der Waals surface area contributed by atoms with E-state index in [2.05, 4.69) is 25.8 Å². The van der Waals surface area contributed by atoms with Crippen LogP contribution in [0.1, 0.15) is 56.2 Å². The van der Waals surface area contributed by atoms with Gasteiger partial charge in [0.1, 0.15) is 11.8 Å². The lowest BCUT2D eigenvalue weighted by molar-refractivity contribution is -0.127. The number of carbonyl (C=O) groups is 3. The number of aromatic nitrogens is 2. The van der Waals surface area contributed by atoms with Crippen LogP contribution in [-0.4, -0.2) is 85.5 Å². The van der Waals surface area contributed by atoms with Gasteiger partial charge in [-0.1, -0.05) is 19.1 Å². The first-order valence-corrected chi connectivity index (χ1v) is 14.4. The van der Waals surface area contributed by atoms with E-state index in [-0.39, 0.29) is 17.5 Å². The average Bonchev–Trinajstić information content (AvgIpc) is 3.50. The quantitative estimate of drug-likeness (QED) is 0.184. The second-order valence-electron chi connectivity index (χ2n) is 10.6. The van der Waals surface area contributed by atoms with Gasteiger partial charge in [0.2, 0.25) is 11.8 Å². The van der Waals surface area contributed by atoms with Crippen molar-refractivity contribution < 1.29 is 19.1 Å².